The maximum Gasteiger partial charge on any atom is 0.163 e. The lowest BCUT2D eigenvalue weighted by atomic mass is 10.1. The van der Waals surface area contributed by atoms with Crippen LogP contribution in [-0.4, -0.2) is 10.2 Å². The zero-order chi connectivity index (χ0) is 11.5. The largest absolute Gasteiger partial charge is 0.206 e. The summed E-state index contributed by atoms with van der Waals surface area (Å²) in [4.78, 5) is 0. The Labute approximate surface area is 99.7 Å². The third-order valence-electron chi connectivity index (χ3n) is 1.98. The van der Waals surface area contributed by atoms with Crippen molar-refractivity contribution in [3.05, 3.63) is 46.3 Å². The first-order valence-electron chi connectivity index (χ1n) is 4.40. The minimum Gasteiger partial charge on any atom is -0.206 e. The van der Waals surface area contributed by atoms with Crippen molar-refractivity contribution in [1.29, 1.82) is 5.26 Å². The van der Waals surface area contributed by atoms with Crippen molar-refractivity contribution in [3.63, 3.8) is 0 Å². The number of nitriles is 1. The van der Waals surface area contributed by atoms with Gasteiger partial charge in [0.1, 0.15) is 11.9 Å². The van der Waals surface area contributed by atoms with Crippen molar-refractivity contribution in [2.45, 2.75) is 0 Å². The van der Waals surface area contributed by atoms with E-state index in [9.17, 15) is 4.39 Å². The summed E-state index contributed by atoms with van der Waals surface area (Å²) in [5, 5.41) is 16.0. The van der Waals surface area contributed by atoms with Gasteiger partial charge in [0.2, 0.25) is 0 Å². The van der Waals surface area contributed by atoms with Crippen molar-refractivity contribution in [2.75, 3.05) is 0 Å². The van der Waals surface area contributed by atoms with E-state index in [0.717, 1.165) is 4.47 Å². The molecule has 2 aromatic rings. The van der Waals surface area contributed by atoms with Gasteiger partial charge in [-0.1, -0.05) is 15.9 Å². The fourth-order valence-electron chi connectivity index (χ4n) is 1.23. The van der Waals surface area contributed by atoms with Crippen LogP contribution in [0.3, 0.4) is 0 Å². The molecule has 0 unspecified atom stereocenters. The van der Waals surface area contributed by atoms with Gasteiger partial charge in [-0.25, -0.2) is 4.39 Å². The van der Waals surface area contributed by atoms with Gasteiger partial charge < -0.3 is 0 Å². The number of nitrogens with zero attached hydrogens (tertiary/aromatic N) is 3. The molecule has 0 N–H and O–H groups in total. The molecule has 0 spiro atoms. The highest BCUT2D eigenvalue weighted by atomic mass is 79.9. The highest BCUT2D eigenvalue weighted by Gasteiger charge is 2.07. The molecule has 0 fully saturated rings. The molecular weight excluding hydrogens is 273 g/mol. The number of halogens is 2. The van der Waals surface area contributed by atoms with Crippen LogP contribution in [0.2, 0.25) is 0 Å². The second kappa shape index (κ2) is 4.37. The van der Waals surface area contributed by atoms with Gasteiger partial charge in [0, 0.05) is 10.0 Å². The van der Waals surface area contributed by atoms with E-state index in [1.54, 1.807) is 18.2 Å². The smallest absolute Gasteiger partial charge is 0.163 e. The molecule has 0 radical (unpaired) electrons. The number of rotatable bonds is 1. The zero-order valence-electron chi connectivity index (χ0n) is 7.98. The Hall–Kier alpha value is -1.80. The van der Waals surface area contributed by atoms with Gasteiger partial charge in [-0.3, -0.25) is 0 Å². The molecule has 1 heterocycles. The fourth-order valence-corrected chi connectivity index (χ4v) is 1.59. The Balaban J connectivity index is 2.50. The maximum atomic E-state index is 13.5. The van der Waals surface area contributed by atoms with Gasteiger partial charge in [-0.05, 0) is 30.3 Å². The molecule has 0 aliphatic rings. The minimum absolute atomic E-state index is 0.208. The van der Waals surface area contributed by atoms with Crippen LogP contribution < -0.4 is 0 Å². The van der Waals surface area contributed by atoms with E-state index in [2.05, 4.69) is 26.1 Å². The summed E-state index contributed by atoms with van der Waals surface area (Å²) in [5.74, 6) is -0.373. The molecule has 0 saturated carbocycles. The first-order valence-corrected chi connectivity index (χ1v) is 5.19. The van der Waals surface area contributed by atoms with Crippen LogP contribution in [0.1, 0.15) is 5.69 Å². The van der Waals surface area contributed by atoms with E-state index >= 15 is 0 Å². The van der Waals surface area contributed by atoms with Crippen molar-refractivity contribution >= 4 is 15.9 Å². The van der Waals surface area contributed by atoms with Crippen LogP contribution in [0.25, 0.3) is 11.3 Å². The number of benzene rings is 1. The maximum absolute atomic E-state index is 13.5. The zero-order valence-corrected chi connectivity index (χ0v) is 9.57. The van der Waals surface area contributed by atoms with Crippen molar-refractivity contribution in [2.24, 2.45) is 0 Å². The molecule has 5 heteroatoms. The molecule has 16 heavy (non-hydrogen) atoms. The quantitative estimate of drug-likeness (QED) is 0.805. The van der Waals surface area contributed by atoms with Crippen LogP contribution in [0.4, 0.5) is 4.39 Å². The van der Waals surface area contributed by atoms with Crippen molar-refractivity contribution < 1.29 is 4.39 Å². The standard InChI is InChI=1S/C11H5BrFN3/c12-7-1-3-10(13)9(5-7)11-4-2-8(6-14)15-16-11/h1-5H. The highest BCUT2D eigenvalue weighted by molar-refractivity contribution is 9.10. The molecule has 78 valence electrons. The SMILES string of the molecule is N#Cc1ccc(-c2cc(Br)ccc2F)nn1. The molecule has 0 bridgehead atoms. The minimum atomic E-state index is -0.373. The van der Waals surface area contributed by atoms with E-state index in [-0.39, 0.29) is 11.5 Å². The van der Waals surface area contributed by atoms with Gasteiger partial charge in [0.25, 0.3) is 0 Å². The molecule has 2 rings (SSSR count). The second-order valence-electron chi connectivity index (χ2n) is 3.04. The Morgan fingerprint density at radius 1 is 1.19 bits per heavy atom. The summed E-state index contributed by atoms with van der Waals surface area (Å²) in [6.45, 7) is 0. The molecule has 1 aromatic heterocycles. The van der Waals surface area contributed by atoms with Gasteiger partial charge in [0.05, 0.1) is 5.69 Å². The van der Waals surface area contributed by atoms with Crippen LogP contribution in [-0.2, 0) is 0 Å². The molecule has 0 aliphatic heterocycles. The predicted octanol–water partition coefficient (Wildman–Crippen LogP) is 2.92. The summed E-state index contributed by atoms with van der Waals surface area (Å²) >= 11 is 3.25. The van der Waals surface area contributed by atoms with Crippen molar-refractivity contribution in [1.82, 2.24) is 10.2 Å². The summed E-state index contributed by atoms with van der Waals surface area (Å²) < 4.78 is 14.2. The predicted molar refractivity (Wildman–Crippen MR) is 59.8 cm³/mol. The molecule has 1 aromatic carbocycles. The average Bonchev–Trinajstić information content (AvgIpc) is 2.32. The lowest BCUT2D eigenvalue weighted by Gasteiger charge is -2.02. The average molecular weight is 278 g/mol. The van der Waals surface area contributed by atoms with E-state index < -0.39 is 0 Å². The molecule has 0 amide bonds. The monoisotopic (exact) mass is 277 g/mol. The second-order valence-corrected chi connectivity index (χ2v) is 3.96. The van der Waals surface area contributed by atoms with Crippen LogP contribution in [0.15, 0.2) is 34.8 Å². The third-order valence-corrected chi connectivity index (χ3v) is 2.48. The van der Waals surface area contributed by atoms with Crippen molar-refractivity contribution in [3.8, 4) is 17.3 Å². The van der Waals surface area contributed by atoms with Crippen LogP contribution >= 0.6 is 15.9 Å². The Bertz CT molecular complexity index is 560. The van der Waals surface area contributed by atoms with Gasteiger partial charge in [-0.15, -0.1) is 10.2 Å². The number of hydrogen-bond acceptors (Lipinski definition) is 3. The summed E-state index contributed by atoms with van der Waals surface area (Å²) in [7, 11) is 0. The molecular formula is C11H5BrFN3. The first kappa shape index (κ1) is 10.7. The topological polar surface area (TPSA) is 49.6 Å². The highest BCUT2D eigenvalue weighted by Crippen LogP contribution is 2.24. The van der Waals surface area contributed by atoms with Crippen LogP contribution in [0, 0.1) is 17.1 Å². The molecule has 0 aliphatic carbocycles. The molecule has 0 saturated heterocycles. The van der Waals surface area contributed by atoms with E-state index in [1.807, 2.05) is 6.07 Å². The summed E-state index contributed by atoms with van der Waals surface area (Å²) in [6.07, 6.45) is 0. The first-order chi connectivity index (χ1) is 7.70. The van der Waals surface area contributed by atoms with E-state index in [0.29, 0.717) is 11.3 Å². The van der Waals surface area contributed by atoms with E-state index in [1.165, 1.54) is 12.1 Å². The molecule has 0 atom stereocenters. The third kappa shape index (κ3) is 2.07. The number of aromatic nitrogens is 2. The Morgan fingerprint density at radius 2 is 2.00 bits per heavy atom. The van der Waals surface area contributed by atoms with Gasteiger partial charge in [-0.2, -0.15) is 5.26 Å². The normalized spacial score (nSPS) is 9.81. The Morgan fingerprint density at radius 3 is 2.62 bits per heavy atom. The lowest BCUT2D eigenvalue weighted by molar-refractivity contribution is 0.630. The summed E-state index contributed by atoms with van der Waals surface area (Å²) in [6, 6.07) is 9.49. The Kier molecular flexibility index (Phi) is 2.93. The van der Waals surface area contributed by atoms with Gasteiger partial charge in [0.15, 0.2) is 5.69 Å². The van der Waals surface area contributed by atoms with E-state index in [4.69, 9.17) is 5.26 Å². The molecule has 3 nitrogen and oxygen atoms in total. The van der Waals surface area contributed by atoms with Crippen LogP contribution in [0.5, 0.6) is 0 Å². The fraction of sp³-hybridized carbons (Fsp3) is 0. The summed E-state index contributed by atoms with van der Waals surface area (Å²) in [5.41, 5.74) is 0.961. The number of hydrogen-bond donors (Lipinski definition) is 0. The van der Waals surface area contributed by atoms with Gasteiger partial charge >= 0.3 is 0 Å². The lowest BCUT2D eigenvalue weighted by Crippen LogP contribution is -1.92.